The smallest absolute Gasteiger partial charge is 0.301 e. The van der Waals surface area contributed by atoms with E-state index in [2.05, 4.69) is 4.89 Å². The molecule has 0 radical (unpaired) electrons. The van der Waals surface area contributed by atoms with Gasteiger partial charge in [-0.05, 0) is 19.1 Å². The van der Waals surface area contributed by atoms with Gasteiger partial charge in [0.1, 0.15) is 0 Å². The van der Waals surface area contributed by atoms with Crippen LogP contribution in [0.5, 0.6) is 0 Å². The molecule has 2 rings (SSSR count). The highest BCUT2D eigenvalue weighted by atomic mass is 17.1. The molecule has 6 heteroatoms. The summed E-state index contributed by atoms with van der Waals surface area (Å²) in [6, 6.07) is 5.79. The molecule has 0 aromatic heterocycles. The Kier molecular flexibility index (Phi) is 3.12. The highest BCUT2D eigenvalue weighted by Crippen LogP contribution is 2.25. The molecule has 0 saturated heterocycles. The summed E-state index contributed by atoms with van der Waals surface area (Å²) in [5, 5.41) is 8.19. The quantitative estimate of drug-likeness (QED) is 0.492. The zero-order valence-electron chi connectivity index (χ0n) is 9.62. The molecule has 0 aliphatic carbocycles. The number of hydrogen-bond donors (Lipinski definition) is 1. The standard InChI is InChI=1S/C12H11NO5/c1-7(6-10(14)18-17)13-11(15)8-4-2-3-5-9(8)12(13)16/h2-5,7,17H,6H2,1H3. The minimum Gasteiger partial charge on any atom is -0.301 e. The van der Waals surface area contributed by atoms with Crippen molar-refractivity contribution in [3.05, 3.63) is 35.4 Å². The van der Waals surface area contributed by atoms with E-state index in [1.54, 1.807) is 31.2 Å². The Morgan fingerprint density at radius 2 is 1.78 bits per heavy atom. The highest BCUT2D eigenvalue weighted by Gasteiger charge is 2.38. The highest BCUT2D eigenvalue weighted by molar-refractivity contribution is 6.21. The molecule has 1 aromatic rings. The second-order valence-electron chi connectivity index (χ2n) is 4.04. The zero-order chi connectivity index (χ0) is 13.3. The number of hydrogen-bond acceptors (Lipinski definition) is 5. The van der Waals surface area contributed by atoms with Crippen LogP contribution < -0.4 is 0 Å². The minimum absolute atomic E-state index is 0.248. The Hall–Kier alpha value is -2.21. The van der Waals surface area contributed by atoms with E-state index in [-0.39, 0.29) is 6.42 Å². The lowest BCUT2D eigenvalue weighted by atomic mass is 10.1. The summed E-state index contributed by atoms with van der Waals surface area (Å²) in [6.45, 7) is 1.54. The predicted octanol–water partition coefficient (Wildman–Crippen LogP) is 1.08. The molecule has 6 nitrogen and oxygen atoms in total. The summed E-state index contributed by atoms with van der Waals surface area (Å²) >= 11 is 0. The predicted molar refractivity (Wildman–Crippen MR) is 59.7 cm³/mol. The summed E-state index contributed by atoms with van der Waals surface area (Å²) in [6.07, 6.45) is -0.248. The van der Waals surface area contributed by atoms with E-state index in [0.717, 1.165) is 4.90 Å². The molecule has 0 saturated carbocycles. The largest absolute Gasteiger partial charge is 0.344 e. The molecular weight excluding hydrogens is 238 g/mol. The monoisotopic (exact) mass is 249 g/mol. The van der Waals surface area contributed by atoms with Gasteiger partial charge in [-0.25, -0.2) is 4.79 Å². The van der Waals surface area contributed by atoms with Crippen LogP contribution in [0.1, 0.15) is 34.1 Å². The van der Waals surface area contributed by atoms with Gasteiger partial charge in [0, 0.05) is 6.04 Å². The summed E-state index contributed by atoms with van der Waals surface area (Å²) in [5.74, 6) is -1.76. The van der Waals surface area contributed by atoms with Gasteiger partial charge in [0.15, 0.2) is 0 Å². The maximum atomic E-state index is 12.0. The van der Waals surface area contributed by atoms with E-state index in [4.69, 9.17) is 5.26 Å². The average molecular weight is 249 g/mol. The Labute approximate surface area is 103 Å². The van der Waals surface area contributed by atoms with E-state index in [9.17, 15) is 14.4 Å². The van der Waals surface area contributed by atoms with Crippen molar-refractivity contribution < 1.29 is 24.5 Å². The van der Waals surface area contributed by atoms with Gasteiger partial charge in [-0.1, -0.05) is 12.1 Å². The molecule has 94 valence electrons. The molecule has 1 N–H and O–H groups in total. The Balaban J connectivity index is 2.25. The molecule has 0 fully saturated rings. The molecular formula is C12H11NO5. The summed E-state index contributed by atoms with van der Waals surface area (Å²) < 4.78 is 0. The number of carbonyl (C=O) groups is 3. The van der Waals surface area contributed by atoms with Crippen LogP contribution in [0.4, 0.5) is 0 Å². The van der Waals surface area contributed by atoms with Crippen molar-refractivity contribution in [2.75, 3.05) is 0 Å². The van der Waals surface area contributed by atoms with E-state index in [1.807, 2.05) is 0 Å². The fraction of sp³-hybridized carbons (Fsp3) is 0.250. The van der Waals surface area contributed by atoms with E-state index in [0.29, 0.717) is 11.1 Å². The van der Waals surface area contributed by atoms with Crippen LogP contribution in [0.3, 0.4) is 0 Å². The third-order valence-corrected chi connectivity index (χ3v) is 2.83. The molecule has 18 heavy (non-hydrogen) atoms. The number of carbonyl (C=O) groups excluding carboxylic acids is 3. The first-order chi connectivity index (χ1) is 8.56. The van der Waals surface area contributed by atoms with Gasteiger partial charge >= 0.3 is 5.97 Å². The van der Waals surface area contributed by atoms with Gasteiger partial charge in [0.2, 0.25) is 0 Å². The van der Waals surface area contributed by atoms with Gasteiger partial charge in [-0.3, -0.25) is 14.5 Å². The van der Waals surface area contributed by atoms with Crippen LogP contribution in [-0.4, -0.2) is 34.0 Å². The third kappa shape index (κ3) is 1.86. The number of imide groups is 1. The molecule has 1 aliphatic rings. The van der Waals surface area contributed by atoms with Crippen LogP contribution >= 0.6 is 0 Å². The third-order valence-electron chi connectivity index (χ3n) is 2.83. The topological polar surface area (TPSA) is 83.9 Å². The fourth-order valence-electron chi connectivity index (χ4n) is 1.98. The average Bonchev–Trinajstić information content (AvgIpc) is 2.62. The van der Waals surface area contributed by atoms with Crippen LogP contribution in [0.25, 0.3) is 0 Å². The van der Waals surface area contributed by atoms with E-state index in [1.165, 1.54) is 0 Å². The SMILES string of the molecule is CC(CC(=O)OO)N1C(=O)c2ccccc2C1=O. The number of benzene rings is 1. The maximum absolute atomic E-state index is 12.0. The maximum Gasteiger partial charge on any atom is 0.344 e. The molecule has 2 amide bonds. The second-order valence-corrected chi connectivity index (χ2v) is 4.04. The van der Waals surface area contributed by atoms with Gasteiger partial charge in [-0.2, -0.15) is 5.26 Å². The molecule has 1 atom stereocenters. The summed E-state index contributed by atoms with van der Waals surface area (Å²) in [5.41, 5.74) is 0.651. The second kappa shape index (κ2) is 4.58. The Morgan fingerprint density at radius 3 is 2.22 bits per heavy atom. The van der Waals surface area contributed by atoms with Crippen LogP contribution in [-0.2, 0) is 9.68 Å². The van der Waals surface area contributed by atoms with Crippen molar-refractivity contribution in [1.82, 2.24) is 4.90 Å². The van der Waals surface area contributed by atoms with Crippen molar-refractivity contribution >= 4 is 17.8 Å². The molecule has 1 aromatic carbocycles. The van der Waals surface area contributed by atoms with Crippen molar-refractivity contribution in [2.24, 2.45) is 0 Å². The first-order valence-electron chi connectivity index (χ1n) is 5.37. The molecule has 1 unspecified atom stereocenters. The van der Waals surface area contributed by atoms with Gasteiger partial charge in [-0.15, -0.1) is 0 Å². The van der Waals surface area contributed by atoms with Crippen molar-refractivity contribution in [3.8, 4) is 0 Å². The summed E-state index contributed by atoms with van der Waals surface area (Å²) in [4.78, 5) is 39.5. The fourth-order valence-corrected chi connectivity index (χ4v) is 1.98. The number of fused-ring (bicyclic) bond motifs is 1. The van der Waals surface area contributed by atoms with Gasteiger partial charge < -0.3 is 4.89 Å². The zero-order valence-corrected chi connectivity index (χ0v) is 9.62. The van der Waals surface area contributed by atoms with E-state index < -0.39 is 23.8 Å². The van der Waals surface area contributed by atoms with Crippen molar-refractivity contribution in [1.29, 1.82) is 0 Å². The number of rotatable bonds is 3. The van der Waals surface area contributed by atoms with E-state index >= 15 is 0 Å². The summed E-state index contributed by atoms with van der Waals surface area (Å²) in [7, 11) is 0. The Morgan fingerprint density at radius 1 is 1.28 bits per heavy atom. The first kappa shape index (κ1) is 12.3. The first-order valence-corrected chi connectivity index (χ1v) is 5.37. The molecule has 1 heterocycles. The molecule has 1 aliphatic heterocycles. The van der Waals surface area contributed by atoms with Crippen LogP contribution in [0, 0.1) is 0 Å². The molecule has 0 bridgehead atoms. The van der Waals surface area contributed by atoms with Crippen molar-refractivity contribution in [2.45, 2.75) is 19.4 Å². The number of amides is 2. The van der Waals surface area contributed by atoms with Gasteiger partial charge in [0.05, 0.1) is 17.5 Å². The van der Waals surface area contributed by atoms with Crippen LogP contribution in [0.2, 0.25) is 0 Å². The van der Waals surface area contributed by atoms with Crippen LogP contribution in [0.15, 0.2) is 24.3 Å². The molecule has 0 spiro atoms. The normalized spacial score (nSPS) is 15.6. The Bertz CT molecular complexity index is 490. The van der Waals surface area contributed by atoms with Gasteiger partial charge in [0.25, 0.3) is 11.8 Å². The van der Waals surface area contributed by atoms with Crippen molar-refractivity contribution in [3.63, 3.8) is 0 Å². The minimum atomic E-state index is -0.890. The number of nitrogens with zero attached hydrogens (tertiary/aromatic N) is 1. The lowest BCUT2D eigenvalue weighted by molar-refractivity contribution is -0.235. The lowest BCUT2D eigenvalue weighted by Crippen LogP contribution is -2.39. The lowest BCUT2D eigenvalue weighted by Gasteiger charge is -2.20.